The topological polar surface area (TPSA) is 91.7 Å². The van der Waals surface area contributed by atoms with Crippen LogP contribution in [-0.4, -0.2) is 27.6 Å². The Kier molecular flexibility index (Phi) is 8.70. The number of Topliss-reactive ketones (excluding diaryl/α,β-unsaturated/α-hetero) is 3. The molecule has 1 aromatic carbocycles. The molecule has 2 bridgehead atoms. The smallest absolute Gasteiger partial charge is 0.184 e. The van der Waals surface area contributed by atoms with Crippen LogP contribution in [0.2, 0.25) is 0 Å². The highest BCUT2D eigenvalue weighted by Crippen LogP contribution is 2.66. The fraction of sp³-hybridized carbons (Fsp3) is 0.667. The van der Waals surface area contributed by atoms with Crippen LogP contribution in [0, 0.1) is 39.9 Å². The first-order chi connectivity index (χ1) is 17.6. The first-order valence-corrected chi connectivity index (χ1v) is 14.5. The average molecular weight is 525 g/mol. The molecule has 0 spiro atoms. The van der Waals surface area contributed by atoms with Crippen molar-refractivity contribution in [2.24, 2.45) is 39.9 Å². The molecule has 3 unspecified atom stereocenters. The molecule has 0 aliphatic heterocycles. The van der Waals surface area contributed by atoms with E-state index in [4.69, 9.17) is 0 Å². The molecular formula is C33H48O5. The van der Waals surface area contributed by atoms with Crippen molar-refractivity contribution in [3.05, 3.63) is 41.2 Å². The fourth-order valence-corrected chi connectivity index (χ4v) is 6.86. The predicted molar refractivity (Wildman–Crippen MR) is 151 cm³/mol. The van der Waals surface area contributed by atoms with Gasteiger partial charge in [0.15, 0.2) is 22.8 Å². The van der Waals surface area contributed by atoms with Gasteiger partial charge in [0.25, 0.3) is 0 Å². The van der Waals surface area contributed by atoms with E-state index in [0.717, 1.165) is 12.8 Å². The Hall–Kier alpha value is -2.43. The van der Waals surface area contributed by atoms with Crippen LogP contribution in [0.5, 0.6) is 5.75 Å². The molecule has 0 radical (unpaired) electrons. The fourth-order valence-electron chi connectivity index (χ4n) is 6.86. The van der Waals surface area contributed by atoms with E-state index in [9.17, 15) is 24.6 Å². The highest BCUT2D eigenvalue weighted by atomic mass is 16.3. The summed E-state index contributed by atoms with van der Waals surface area (Å²) in [6.07, 6.45) is 3.88. The number of carbonyl (C=O) groups is 3. The van der Waals surface area contributed by atoms with Crippen LogP contribution >= 0.6 is 0 Å². The lowest BCUT2D eigenvalue weighted by molar-refractivity contribution is -0.170. The standard InChI is InChI=1S/C33H48O5/c1-20(2)12-14-24-19-32(27(35)23-10-9-11-25(34)18-23)28(36)26(15-13-21(3)4)29(37)33(30(32)38,31(24,7)8)17-16-22(5)6/h9-11,18,20-22,24,34,36H,12-17,19H2,1-8H3. The van der Waals surface area contributed by atoms with E-state index in [0.29, 0.717) is 31.6 Å². The van der Waals surface area contributed by atoms with Crippen molar-refractivity contribution in [1.29, 1.82) is 0 Å². The first kappa shape index (κ1) is 30.1. The highest BCUT2D eigenvalue weighted by molar-refractivity contribution is 6.29. The monoisotopic (exact) mass is 524 g/mol. The number of benzene rings is 1. The van der Waals surface area contributed by atoms with Crippen molar-refractivity contribution in [2.45, 2.75) is 100 Å². The summed E-state index contributed by atoms with van der Waals surface area (Å²) >= 11 is 0. The number of rotatable bonds is 11. The molecule has 1 saturated carbocycles. The van der Waals surface area contributed by atoms with Gasteiger partial charge in [-0.3, -0.25) is 14.4 Å². The zero-order valence-corrected chi connectivity index (χ0v) is 24.7. The van der Waals surface area contributed by atoms with E-state index in [1.54, 1.807) is 12.1 Å². The van der Waals surface area contributed by atoms with Gasteiger partial charge in [-0.15, -0.1) is 0 Å². The molecule has 2 aliphatic carbocycles. The third-order valence-corrected chi connectivity index (χ3v) is 9.46. The third-order valence-electron chi connectivity index (χ3n) is 9.46. The first-order valence-electron chi connectivity index (χ1n) is 14.5. The molecular weight excluding hydrogens is 476 g/mol. The zero-order valence-electron chi connectivity index (χ0n) is 24.7. The molecule has 3 atom stereocenters. The van der Waals surface area contributed by atoms with Gasteiger partial charge in [0.05, 0.1) is 5.41 Å². The van der Waals surface area contributed by atoms with Crippen molar-refractivity contribution < 1.29 is 24.6 Å². The highest BCUT2D eigenvalue weighted by Gasteiger charge is 2.73. The lowest BCUT2D eigenvalue weighted by Crippen LogP contribution is -2.68. The van der Waals surface area contributed by atoms with Gasteiger partial charge < -0.3 is 10.2 Å². The second-order valence-corrected chi connectivity index (χ2v) is 13.6. The summed E-state index contributed by atoms with van der Waals surface area (Å²) in [6, 6.07) is 6.00. The van der Waals surface area contributed by atoms with Crippen LogP contribution in [0.1, 0.15) is 111 Å². The normalized spacial score (nSPS) is 27.1. The Morgan fingerprint density at radius 1 is 0.947 bits per heavy atom. The van der Waals surface area contributed by atoms with Crippen molar-refractivity contribution in [3.8, 4) is 5.75 Å². The van der Waals surface area contributed by atoms with E-state index in [-0.39, 0.29) is 52.6 Å². The van der Waals surface area contributed by atoms with E-state index >= 15 is 0 Å². The van der Waals surface area contributed by atoms with Crippen LogP contribution in [0.15, 0.2) is 35.6 Å². The number of aromatic hydroxyl groups is 1. The molecule has 2 N–H and O–H groups in total. The molecule has 0 saturated heterocycles. The van der Waals surface area contributed by atoms with Gasteiger partial charge in [0.1, 0.15) is 11.5 Å². The number of allylic oxidation sites excluding steroid dienone is 2. The van der Waals surface area contributed by atoms with Crippen LogP contribution in [-0.2, 0) is 9.59 Å². The van der Waals surface area contributed by atoms with E-state index < -0.39 is 27.8 Å². The molecule has 2 aliphatic rings. The van der Waals surface area contributed by atoms with Crippen molar-refractivity contribution in [1.82, 2.24) is 0 Å². The van der Waals surface area contributed by atoms with Gasteiger partial charge in [-0.05, 0) is 79.7 Å². The molecule has 0 aromatic heterocycles. The number of hydrogen-bond donors (Lipinski definition) is 2. The molecule has 38 heavy (non-hydrogen) atoms. The van der Waals surface area contributed by atoms with Crippen LogP contribution in [0.25, 0.3) is 0 Å². The van der Waals surface area contributed by atoms with Crippen LogP contribution in [0.4, 0.5) is 0 Å². The van der Waals surface area contributed by atoms with E-state index in [2.05, 4.69) is 41.5 Å². The number of aliphatic hydroxyl groups excluding tert-OH is 1. The summed E-state index contributed by atoms with van der Waals surface area (Å²) in [5, 5.41) is 22.1. The second-order valence-electron chi connectivity index (χ2n) is 13.6. The molecule has 210 valence electrons. The Morgan fingerprint density at radius 2 is 1.55 bits per heavy atom. The molecule has 1 fully saturated rings. The third kappa shape index (κ3) is 4.86. The van der Waals surface area contributed by atoms with E-state index in [1.165, 1.54) is 12.1 Å². The second kappa shape index (κ2) is 11.0. The molecule has 1 aromatic rings. The number of aliphatic hydroxyl groups is 1. The minimum atomic E-state index is -1.82. The molecule has 3 rings (SSSR count). The number of ketones is 3. The average Bonchev–Trinajstić information content (AvgIpc) is 2.82. The van der Waals surface area contributed by atoms with Crippen LogP contribution in [0.3, 0.4) is 0 Å². The summed E-state index contributed by atoms with van der Waals surface area (Å²) in [6.45, 7) is 16.7. The van der Waals surface area contributed by atoms with Crippen LogP contribution < -0.4 is 0 Å². The summed E-state index contributed by atoms with van der Waals surface area (Å²) in [5.74, 6) is -0.781. The largest absolute Gasteiger partial charge is 0.510 e. The quantitative estimate of drug-likeness (QED) is 0.227. The van der Waals surface area contributed by atoms with Gasteiger partial charge in [-0.25, -0.2) is 0 Å². The Balaban J connectivity index is 2.36. The van der Waals surface area contributed by atoms with Crippen molar-refractivity contribution in [3.63, 3.8) is 0 Å². The summed E-state index contributed by atoms with van der Waals surface area (Å²) in [7, 11) is 0. The summed E-state index contributed by atoms with van der Waals surface area (Å²) in [5.41, 5.74) is -3.45. The van der Waals surface area contributed by atoms with Gasteiger partial charge in [0, 0.05) is 11.1 Å². The maximum absolute atomic E-state index is 14.9. The summed E-state index contributed by atoms with van der Waals surface area (Å²) in [4.78, 5) is 43.9. The Bertz CT molecular complexity index is 1110. The summed E-state index contributed by atoms with van der Waals surface area (Å²) < 4.78 is 0. The number of carbonyl (C=O) groups excluding carboxylic acids is 3. The Morgan fingerprint density at radius 3 is 2.11 bits per heavy atom. The van der Waals surface area contributed by atoms with Crippen molar-refractivity contribution >= 4 is 17.3 Å². The number of phenols is 1. The molecule has 5 nitrogen and oxygen atoms in total. The maximum Gasteiger partial charge on any atom is 0.184 e. The SMILES string of the molecule is CC(C)CCC1=C(O)C2(C(=O)c3cccc(O)c3)CC(CCC(C)C)C(C)(C)C(CCC(C)C)(C1=O)C2=O. The van der Waals surface area contributed by atoms with Gasteiger partial charge in [0.2, 0.25) is 0 Å². The van der Waals surface area contributed by atoms with Gasteiger partial charge >= 0.3 is 0 Å². The zero-order chi connectivity index (χ0) is 28.6. The molecule has 0 amide bonds. The Labute approximate surface area is 229 Å². The van der Waals surface area contributed by atoms with E-state index in [1.807, 2.05) is 13.8 Å². The molecule has 0 heterocycles. The lowest BCUT2D eigenvalue weighted by atomic mass is 9.39. The number of phenolic OH excluding ortho intramolecular Hbond substituents is 1. The minimum Gasteiger partial charge on any atom is -0.510 e. The van der Waals surface area contributed by atoms with Gasteiger partial charge in [-0.2, -0.15) is 0 Å². The maximum atomic E-state index is 14.9. The van der Waals surface area contributed by atoms with Gasteiger partial charge in [-0.1, -0.05) is 73.9 Å². The number of fused-ring (bicyclic) bond motifs is 2. The predicted octanol–water partition coefficient (Wildman–Crippen LogP) is 7.87. The van der Waals surface area contributed by atoms with Crippen molar-refractivity contribution in [2.75, 3.05) is 0 Å². The lowest BCUT2D eigenvalue weighted by Gasteiger charge is -2.60. The minimum absolute atomic E-state index is 0.0753. The molecule has 5 heteroatoms. The number of hydrogen-bond acceptors (Lipinski definition) is 5.